The van der Waals surface area contributed by atoms with Crippen molar-refractivity contribution in [1.82, 2.24) is 10.2 Å². The monoisotopic (exact) mass is 587 g/mol. The number of hydrogen-bond acceptors (Lipinski definition) is 5. The number of anilines is 1. The normalized spacial score (nSPS) is 12.8. The fraction of sp³-hybridized carbons (Fsp3) is 0.531. The predicted octanol–water partition coefficient (Wildman–Crippen LogP) is 6.63. The fourth-order valence-corrected chi connectivity index (χ4v) is 4.92. The van der Waals surface area contributed by atoms with Crippen LogP contribution in [0.4, 0.5) is 10.5 Å². The number of aliphatic hydroxyl groups is 1. The van der Waals surface area contributed by atoms with Gasteiger partial charge in [-0.3, -0.25) is 9.59 Å². The number of amides is 3. The summed E-state index contributed by atoms with van der Waals surface area (Å²) in [4.78, 5) is 42.2. The van der Waals surface area contributed by atoms with Crippen LogP contribution in [0.25, 0.3) is 0 Å². The summed E-state index contributed by atoms with van der Waals surface area (Å²) >= 11 is 6.44. The first-order chi connectivity index (χ1) is 19.3. The fourth-order valence-electron chi connectivity index (χ4n) is 4.65. The first kappa shape index (κ1) is 34.1. The number of para-hydroxylation sites is 1. The Labute approximate surface area is 249 Å². The van der Waals surface area contributed by atoms with Crippen molar-refractivity contribution in [2.24, 2.45) is 0 Å². The lowest BCUT2D eigenvalue weighted by atomic mass is 9.96. The van der Waals surface area contributed by atoms with Gasteiger partial charge in [0, 0.05) is 6.54 Å². The Kier molecular flexibility index (Phi) is 13.1. The van der Waals surface area contributed by atoms with Crippen LogP contribution in [-0.4, -0.2) is 52.7 Å². The van der Waals surface area contributed by atoms with Crippen LogP contribution in [0.5, 0.6) is 0 Å². The van der Waals surface area contributed by atoms with Crippen LogP contribution in [0, 0.1) is 20.8 Å². The number of hydrogen-bond donors (Lipinski definition) is 3. The smallest absolute Gasteiger partial charge is 0.408 e. The molecule has 0 radical (unpaired) electrons. The van der Waals surface area contributed by atoms with Crippen molar-refractivity contribution in [2.75, 3.05) is 18.5 Å². The number of carbonyl (C=O) groups excluding carboxylic acids is 3. The molecule has 0 heterocycles. The van der Waals surface area contributed by atoms with E-state index in [2.05, 4.69) is 17.6 Å². The van der Waals surface area contributed by atoms with Gasteiger partial charge in [0.15, 0.2) is 0 Å². The molecular weight excluding hydrogens is 542 g/mol. The molecule has 2 aromatic carbocycles. The van der Waals surface area contributed by atoms with Crippen LogP contribution in [-0.2, 0) is 14.3 Å². The Balaban J connectivity index is 2.56. The van der Waals surface area contributed by atoms with Crippen molar-refractivity contribution in [1.29, 1.82) is 0 Å². The number of nitrogens with zero attached hydrogens (tertiary/aromatic N) is 1. The summed E-state index contributed by atoms with van der Waals surface area (Å²) in [5.74, 6) is -1.02. The average molecular weight is 588 g/mol. The molecule has 0 spiro atoms. The Morgan fingerprint density at radius 2 is 1.68 bits per heavy atom. The van der Waals surface area contributed by atoms with Crippen molar-refractivity contribution in [3.8, 4) is 0 Å². The molecule has 9 heteroatoms. The van der Waals surface area contributed by atoms with Gasteiger partial charge in [-0.2, -0.15) is 0 Å². The van der Waals surface area contributed by atoms with Gasteiger partial charge in [-0.1, -0.05) is 80.1 Å². The number of nitrogens with one attached hydrogen (secondary N) is 2. The Bertz CT molecular complexity index is 1170. The second-order valence-electron chi connectivity index (χ2n) is 11.5. The van der Waals surface area contributed by atoms with Crippen molar-refractivity contribution >= 4 is 35.2 Å². The van der Waals surface area contributed by atoms with Crippen LogP contribution in [0.1, 0.15) is 88.1 Å². The molecule has 2 atom stereocenters. The summed E-state index contributed by atoms with van der Waals surface area (Å²) < 4.78 is 5.33. The quantitative estimate of drug-likeness (QED) is 0.228. The van der Waals surface area contributed by atoms with Gasteiger partial charge in [0.25, 0.3) is 5.91 Å². The van der Waals surface area contributed by atoms with E-state index >= 15 is 0 Å². The molecule has 2 unspecified atom stereocenters. The predicted molar refractivity (Wildman–Crippen MR) is 164 cm³/mol. The van der Waals surface area contributed by atoms with Gasteiger partial charge in [-0.25, -0.2) is 4.79 Å². The number of benzene rings is 2. The molecule has 8 nitrogen and oxygen atoms in total. The maximum atomic E-state index is 14.1. The standard InChI is InChI=1S/C32H46ClN3O5/c1-8-9-10-11-12-18-36(30(39)26(20-37)34-31(40)41-32(5,6)7)28(24-17-16-21(2)19-23(24)4)29(38)35-27-22(3)14-13-15-25(27)33/h13-17,19,26,28,37H,8-12,18,20H2,1-7H3,(H,34,40)(H,35,38). The molecule has 41 heavy (non-hydrogen) atoms. The van der Waals surface area contributed by atoms with E-state index in [0.29, 0.717) is 22.7 Å². The molecule has 2 aromatic rings. The lowest BCUT2D eigenvalue weighted by Crippen LogP contribution is -2.54. The minimum absolute atomic E-state index is 0.252. The van der Waals surface area contributed by atoms with Gasteiger partial charge in [-0.15, -0.1) is 0 Å². The maximum Gasteiger partial charge on any atom is 0.408 e. The zero-order valence-electron chi connectivity index (χ0n) is 25.5. The van der Waals surface area contributed by atoms with E-state index in [1.54, 1.807) is 32.9 Å². The van der Waals surface area contributed by atoms with Crippen molar-refractivity contribution in [3.05, 3.63) is 63.7 Å². The SMILES string of the molecule is CCCCCCCN(C(=O)C(CO)NC(=O)OC(C)(C)C)C(C(=O)Nc1c(C)cccc1Cl)c1ccc(C)cc1C. The number of aliphatic hydroxyl groups excluding tert-OH is 1. The number of ether oxygens (including phenoxy) is 1. The summed E-state index contributed by atoms with van der Waals surface area (Å²) in [7, 11) is 0. The molecule has 2 rings (SSSR count). The summed E-state index contributed by atoms with van der Waals surface area (Å²) in [5, 5.41) is 16.0. The van der Waals surface area contributed by atoms with Gasteiger partial charge >= 0.3 is 6.09 Å². The highest BCUT2D eigenvalue weighted by molar-refractivity contribution is 6.34. The van der Waals surface area contributed by atoms with Gasteiger partial charge in [0.05, 0.1) is 17.3 Å². The Morgan fingerprint density at radius 3 is 2.27 bits per heavy atom. The first-order valence-corrected chi connectivity index (χ1v) is 14.7. The largest absolute Gasteiger partial charge is 0.444 e. The van der Waals surface area contributed by atoms with Crippen molar-refractivity contribution in [3.63, 3.8) is 0 Å². The van der Waals surface area contributed by atoms with Crippen LogP contribution in [0.3, 0.4) is 0 Å². The van der Waals surface area contributed by atoms with E-state index in [9.17, 15) is 19.5 Å². The van der Waals surface area contributed by atoms with Crippen LogP contribution in [0.2, 0.25) is 5.02 Å². The molecule has 0 bridgehead atoms. The summed E-state index contributed by atoms with van der Waals surface area (Å²) in [5.41, 5.74) is 2.96. The molecule has 0 saturated carbocycles. The van der Waals surface area contributed by atoms with Gasteiger partial charge < -0.3 is 25.4 Å². The van der Waals surface area contributed by atoms with Crippen LogP contribution >= 0.6 is 11.6 Å². The molecule has 0 fully saturated rings. The number of carbonyl (C=O) groups is 3. The third-order valence-corrected chi connectivity index (χ3v) is 7.02. The number of alkyl carbamates (subject to hydrolysis) is 1. The van der Waals surface area contributed by atoms with E-state index in [-0.39, 0.29) is 6.54 Å². The van der Waals surface area contributed by atoms with Gasteiger partial charge in [-0.05, 0) is 70.7 Å². The lowest BCUT2D eigenvalue weighted by Gasteiger charge is -2.35. The zero-order chi connectivity index (χ0) is 30.7. The number of unbranched alkanes of at least 4 members (excludes halogenated alkanes) is 4. The van der Waals surface area contributed by atoms with Crippen LogP contribution in [0.15, 0.2) is 36.4 Å². The topological polar surface area (TPSA) is 108 Å². The second-order valence-corrected chi connectivity index (χ2v) is 11.9. The van der Waals surface area contributed by atoms with E-state index in [1.807, 2.05) is 45.0 Å². The highest BCUT2D eigenvalue weighted by Gasteiger charge is 2.37. The number of aryl methyl sites for hydroxylation is 3. The summed E-state index contributed by atoms with van der Waals surface area (Å²) in [6.45, 7) is 12.6. The molecule has 0 aliphatic rings. The van der Waals surface area contributed by atoms with E-state index in [0.717, 1.165) is 42.4 Å². The highest BCUT2D eigenvalue weighted by atomic mass is 35.5. The van der Waals surface area contributed by atoms with Crippen molar-refractivity contribution in [2.45, 2.75) is 98.3 Å². The highest BCUT2D eigenvalue weighted by Crippen LogP contribution is 2.31. The number of rotatable bonds is 13. The molecule has 226 valence electrons. The van der Waals surface area contributed by atoms with Crippen molar-refractivity contribution < 1.29 is 24.2 Å². The Morgan fingerprint density at radius 1 is 1.00 bits per heavy atom. The molecule has 3 N–H and O–H groups in total. The van der Waals surface area contributed by atoms with E-state index in [4.69, 9.17) is 16.3 Å². The summed E-state index contributed by atoms with van der Waals surface area (Å²) in [6.07, 6.45) is 3.83. The molecule has 0 aromatic heterocycles. The molecule has 0 saturated heterocycles. The zero-order valence-corrected chi connectivity index (χ0v) is 26.2. The first-order valence-electron chi connectivity index (χ1n) is 14.3. The minimum atomic E-state index is -1.30. The third kappa shape index (κ3) is 10.3. The lowest BCUT2D eigenvalue weighted by molar-refractivity contribution is -0.141. The van der Waals surface area contributed by atoms with Gasteiger partial charge in [0.2, 0.25) is 5.91 Å². The third-order valence-electron chi connectivity index (χ3n) is 6.71. The average Bonchev–Trinajstić information content (AvgIpc) is 2.88. The molecule has 0 aliphatic heterocycles. The number of halogens is 1. The van der Waals surface area contributed by atoms with Crippen LogP contribution < -0.4 is 10.6 Å². The Hall–Kier alpha value is -3.10. The molecular formula is C32H46ClN3O5. The molecule has 0 aliphatic carbocycles. The molecule has 3 amide bonds. The van der Waals surface area contributed by atoms with Gasteiger partial charge in [0.1, 0.15) is 17.7 Å². The minimum Gasteiger partial charge on any atom is -0.444 e. The van der Waals surface area contributed by atoms with E-state index in [1.165, 1.54) is 4.90 Å². The summed E-state index contributed by atoms with van der Waals surface area (Å²) in [6, 6.07) is 8.70. The maximum absolute atomic E-state index is 14.1. The van der Waals surface area contributed by atoms with E-state index < -0.39 is 42.2 Å². The second kappa shape index (κ2) is 15.8.